The van der Waals surface area contributed by atoms with Gasteiger partial charge in [0.05, 0.1) is 0 Å². The molecule has 0 aliphatic heterocycles. The molecule has 2 aromatic rings. The van der Waals surface area contributed by atoms with Crippen LogP contribution in [0.25, 0.3) is 6.08 Å². The quantitative estimate of drug-likeness (QED) is 0.597. The zero-order valence-electron chi connectivity index (χ0n) is 13.5. The minimum absolute atomic E-state index is 0.0546. The Morgan fingerprint density at radius 3 is 2.09 bits per heavy atom. The van der Waals surface area contributed by atoms with Crippen molar-refractivity contribution in [2.45, 2.75) is 39.5 Å². The van der Waals surface area contributed by atoms with Crippen molar-refractivity contribution in [1.82, 2.24) is 0 Å². The van der Waals surface area contributed by atoms with Crippen molar-refractivity contribution in [3.63, 3.8) is 0 Å². The molecule has 0 unspecified atom stereocenters. The molecular formula is C20H21F3. The average molecular weight is 318 g/mol. The number of halogens is 3. The van der Waals surface area contributed by atoms with E-state index in [0.717, 1.165) is 17.5 Å². The number of hydrogen-bond donors (Lipinski definition) is 0. The SMILES string of the molecule is CCC/C(F)=C\c1ccc(CCc2cc(F)c(C)c(F)c2)cc1. The first kappa shape index (κ1) is 17.3. The maximum absolute atomic E-state index is 13.5. The van der Waals surface area contributed by atoms with Gasteiger partial charge in [-0.2, -0.15) is 0 Å². The Morgan fingerprint density at radius 2 is 1.52 bits per heavy atom. The molecule has 0 aliphatic carbocycles. The molecule has 3 heteroatoms. The van der Waals surface area contributed by atoms with Crippen molar-refractivity contribution in [3.05, 3.63) is 76.1 Å². The summed E-state index contributed by atoms with van der Waals surface area (Å²) in [5.41, 5.74) is 2.58. The largest absolute Gasteiger partial charge is 0.212 e. The summed E-state index contributed by atoms with van der Waals surface area (Å²) in [6, 6.07) is 10.3. The fourth-order valence-electron chi connectivity index (χ4n) is 2.40. The molecule has 0 saturated carbocycles. The Labute approximate surface area is 135 Å². The molecule has 0 fully saturated rings. The van der Waals surface area contributed by atoms with Gasteiger partial charge in [0.15, 0.2) is 0 Å². The van der Waals surface area contributed by atoms with E-state index in [-0.39, 0.29) is 11.4 Å². The van der Waals surface area contributed by atoms with Gasteiger partial charge in [-0.25, -0.2) is 13.2 Å². The average Bonchev–Trinajstić information content (AvgIpc) is 2.52. The van der Waals surface area contributed by atoms with Crippen LogP contribution in [0.1, 0.15) is 42.0 Å². The molecule has 0 amide bonds. The van der Waals surface area contributed by atoms with Crippen LogP contribution in [-0.2, 0) is 12.8 Å². The van der Waals surface area contributed by atoms with Gasteiger partial charge in [-0.05, 0) is 67.5 Å². The first-order valence-corrected chi connectivity index (χ1v) is 7.89. The van der Waals surface area contributed by atoms with Gasteiger partial charge in [-0.15, -0.1) is 0 Å². The van der Waals surface area contributed by atoms with Gasteiger partial charge < -0.3 is 0 Å². The van der Waals surface area contributed by atoms with E-state index in [9.17, 15) is 13.2 Å². The molecule has 0 spiro atoms. The van der Waals surface area contributed by atoms with Gasteiger partial charge in [-0.1, -0.05) is 31.2 Å². The predicted molar refractivity (Wildman–Crippen MR) is 88.9 cm³/mol. The van der Waals surface area contributed by atoms with Crippen LogP contribution in [0, 0.1) is 18.6 Å². The van der Waals surface area contributed by atoms with Crippen LogP contribution in [-0.4, -0.2) is 0 Å². The number of benzene rings is 2. The van der Waals surface area contributed by atoms with E-state index in [1.807, 2.05) is 31.2 Å². The predicted octanol–water partition coefficient (Wildman–Crippen LogP) is 6.17. The van der Waals surface area contributed by atoms with E-state index >= 15 is 0 Å². The number of aryl methyl sites for hydroxylation is 2. The minimum Gasteiger partial charge on any atom is -0.212 e. The fourth-order valence-corrected chi connectivity index (χ4v) is 2.40. The van der Waals surface area contributed by atoms with Crippen molar-refractivity contribution in [3.8, 4) is 0 Å². The van der Waals surface area contributed by atoms with E-state index in [2.05, 4.69) is 0 Å². The molecule has 23 heavy (non-hydrogen) atoms. The lowest BCUT2D eigenvalue weighted by Gasteiger charge is -2.06. The lowest BCUT2D eigenvalue weighted by atomic mass is 10.0. The Hall–Kier alpha value is -2.03. The van der Waals surface area contributed by atoms with Crippen molar-refractivity contribution in [1.29, 1.82) is 0 Å². The van der Waals surface area contributed by atoms with Gasteiger partial charge in [0.1, 0.15) is 17.5 Å². The molecule has 0 nitrogen and oxygen atoms in total. The molecule has 0 heterocycles. The second-order valence-corrected chi connectivity index (χ2v) is 5.77. The van der Waals surface area contributed by atoms with Gasteiger partial charge in [0.25, 0.3) is 0 Å². The normalized spacial score (nSPS) is 11.8. The summed E-state index contributed by atoms with van der Waals surface area (Å²) < 4.78 is 40.5. The third-order valence-electron chi connectivity index (χ3n) is 3.83. The van der Waals surface area contributed by atoms with Crippen molar-refractivity contribution < 1.29 is 13.2 Å². The molecule has 122 valence electrons. The molecule has 2 rings (SSSR count). The van der Waals surface area contributed by atoms with E-state index in [1.54, 1.807) is 0 Å². The molecule has 0 atom stereocenters. The molecular weight excluding hydrogens is 297 g/mol. The number of rotatable bonds is 6. The first-order chi connectivity index (χ1) is 11.0. The Morgan fingerprint density at radius 1 is 0.957 bits per heavy atom. The van der Waals surface area contributed by atoms with Crippen LogP contribution in [0.2, 0.25) is 0 Å². The highest BCUT2D eigenvalue weighted by Gasteiger charge is 2.07. The Bertz CT molecular complexity index is 662. The lowest BCUT2D eigenvalue weighted by molar-refractivity contribution is 0.564. The van der Waals surface area contributed by atoms with Crippen LogP contribution in [0.4, 0.5) is 13.2 Å². The standard InChI is InChI=1S/C20H21F3/c1-3-4-18(21)11-16-8-5-15(6-9-16)7-10-17-12-19(22)14(2)20(23)13-17/h5-6,8-9,11-13H,3-4,7,10H2,1-2H3/b18-11+. The first-order valence-electron chi connectivity index (χ1n) is 7.89. The molecule has 0 aliphatic rings. The highest BCUT2D eigenvalue weighted by Crippen LogP contribution is 2.17. The maximum atomic E-state index is 13.5. The Kier molecular flexibility index (Phi) is 6.03. The van der Waals surface area contributed by atoms with Crippen LogP contribution >= 0.6 is 0 Å². The summed E-state index contributed by atoms with van der Waals surface area (Å²) >= 11 is 0. The smallest absolute Gasteiger partial charge is 0.129 e. The molecule has 0 bridgehead atoms. The van der Waals surface area contributed by atoms with Crippen molar-refractivity contribution in [2.24, 2.45) is 0 Å². The molecule has 0 aromatic heterocycles. The van der Waals surface area contributed by atoms with Gasteiger partial charge >= 0.3 is 0 Å². The summed E-state index contributed by atoms with van der Waals surface area (Å²) in [4.78, 5) is 0. The lowest BCUT2D eigenvalue weighted by Crippen LogP contribution is -1.96. The van der Waals surface area contributed by atoms with Crippen molar-refractivity contribution >= 4 is 6.08 Å². The Balaban J connectivity index is 2.00. The molecule has 0 saturated heterocycles. The summed E-state index contributed by atoms with van der Waals surface area (Å²) in [6.07, 6.45) is 4.02. The second kappa shape index (κ2) is 8.00. The molecule has 2 aromatic carbocycles. The number of allylic oxidation sites excluding steroid dienone is 1. The van der Waals surface area contributed by atoms with E-state index in [0.29, 0.717) is 24.8 Å². The summed E-state index contributed by atoms with van der Waals surface area (Å²) in [5, 5.41) is 0. The van der Waals surface area contributed by atoms with E-state index in [4.69, 9.17) is 0 Å². The monoisotopic (exact) mass is 318 g/mol. The van der Waals surface area contributed by atoms with Crippen LogP contribution < -0.4 is 0 Å². The summed E-state index contributed by atoms with van der Waals surface area (Å²) in [5.74, 6) is -1.13. The fraction of sp³-hybridized carbons (Fsp3) is 0.300. The van der Waals surface area contributed by atoms with Gasteiger partial charge in [0, 0.05) is 5.56 Å². The number of hydrogen-bond acceptors (Lipinski definition) is 0. The second-order valence-electron chi connectivity index (χ2n) is 5.77. The van der Waals surface area contributed by atoms with Crippen molar-refractivity contribution in [2.75, 3.05) is 0 Å². The topological polar surface area (TPSA) is 0 Å². The molecule has 0 N–H and O–H groups in total. The highest BCUT2D eigenvalue weighted by atomic mass is 19.1. The van der Waals surface area contributed by atoms with Gasteiger partial charge in [0.2, 0.25) is 0 Å². The van der Waals surface area contributed by atoms with E-state index in [1.165, 1.54) is 25.1 Å². The summed E-state index contributed by atoms with van der Waals surface area (Å²) in [7, 11) is 0. The van der Waals surface area contributed by atoms with Gasteiger partial charge in [-0.3, -0.25) is 0 Å². The molecule has 0 radical (unpaired) electrons. The third-order valence-corrected chi connectivity index (χ3v) is 3.83. The van der Waals surface area contributed by atoms with Crippen LogP contribution in [0.15, 0.2) is 42.2 Å². The highest BCUT2D eigenvalue weighted by molar-refractivity contribution is 5.51. The zero-order chi connectivity index (χ0) is 16.8. The summed E-state index contributed by atoms with van der Waals surface area (Å²) in [6.45, 7) is 3.37. The minimum atomic E-state index is -0.508. The zero-order valence-corrected chi connectivity index (χ0v) is 13.5. The van der Waals surface area contributed by atoms with Crippen LogP contribution in [0.3, 0.4) is 0 Å². The third kappa shape index (κ3) is 4.98. The van der Waals surface area contributed by atoms with Crippen LogP contribution in [0.5, 0.6) is 0 Å². The maximum Gasteiger partial charge on any atom is 0.129 e. The van der Waals surface area contributed by atoms with E-state index < -0.39 is 11.6 Å².